The van der Waals surface area contributed by atoms with Gasteiger partial charge in [-0.25, -0.2) is 4.98 Å². The highest BCUT2D eigenvalue weighted by Crippen LogP contribution is 2.32. The maximum atomic E-state index is 13.4. The van der Waals surface area contributed by atoms with E-state index in [4.69, 9.17) is 0 Å². The predicted molar refractivity (Wildman–Crippen MR) is 107 cm³/mol. The Labute approximate surface area is 160 Å². The molecule has 0 saturated heterocycles. The van der Waals surface area contributed by atoms with Crippen molar-refractivity contribution >= 4 is 17.3 Å². The highest BCUT2D eigenvalue weighted by molar-refractivity contribution is 6.09. The lowest BCUT2D eigenvalue weighted by atomic mass is 9.93. The van der Waals surface area contributed by atoms with Crippen molar-refractivity contribution in [3.63, 3.8) is 0 Å². The smallest absolute Gasteiger partial charge is 0.255 e. The Hall–Kier alpha value is -2.82. The molecule has 5 nitrogen and oxygen atoms in total. The maximum absolute atomic E-state index is 13.4. The molecule has 0 spiro atoms. The topological polar surface area (TPSA) is 73.7 Å². The molecule has 1 fully saturated rings. The zero-order chi connectivity index (χ0) is 19.4. The molecule has 0 radical (unpaired) electrons. The van der Waals surface area contributed by atoms with Crippen LogP contribution in [0.1, 0.15) is 51.5 Å². The van der Waals surface area contributed by atoms with Gasteiger partial charge in [0.2, 0.25) is 0 Å². The molecule has 1 aromatic carbocycles. The molecule has 1 aliphatic carbocycles. The first-order chi connectivity index (χ1) is 13.0. The summed E-state index contributed by atoms with van der Waals surface area (Å²) >= 11 is 0. The zero-order valence-corrected chi connectivity index (χ0v) is 15.9. The summed E-state index contributed by atoms with van der Waals surface area (Å²) in [5, 5.41) is 19.3. The molecular formula is C22H26N2O3. The minimum atomic E-state index is -0.194. The zero-order valence-electron chi connectivity index (χ0n) is 15.9. The summed E-state index contributed by atoms with van der Waals surface area (Å²) in [6.07, 6.45) is 7.12. The van der Waals surface area contributed by atoms with E-state index in [0.29, 0.717) is 17.0 Å². The Morgan fingerprint density at radius 1 is 1.04 bits per heavy atom. The van der Waals surface area contributed by atoms with Crippen molar-refractivity contribution in [1.82, 2.24) is 4.98 Å². The van der Waals surface area contributed by atoms with Gasteiger partial charge in [-0.2, -0.15) is 0 Å². The molecule has 1 amide bonds. The van der Waals surface area contributed by atoms with Crippen LogP contribution in [0.2, 0.25) is 0 Å². The lowest BCUT2D eigenvalue weighted by Gasteiger charge is -2.34. The average Bonchev–Trinajstić information content (AvgIpc) is 2.70. The van der Waals surface area contributed by atoms with Gasteiger partial charge in [0.1, 0.15) is 5.82 Å². The molecule has 142 valence electrons. The van der Waals surface area contributed by atoms with Gasteiger partial charge >= 0.3 is 0 Å². The molecule has 27 heavy (non-hydrogen) atoms. The number of hydrogen-bond acceptors (Lipinski definition) is 4. The van der Waals surface area contributed by atoms with Gasteiger partial charge in [-0.3, -0.25) is 9.69 Å². The minimum absolute atomic E-state index is 0.0642. The molecule has 1 aliphatic rings. The summed E-state index contributed by atoms with van der Waals surface area (Å²) in [5.74, 6) is 0.245. The largest absolute Gasteiger partial charge is 0.504 e. The van der Waals surface area contributed by atoms with Crippen molar-refractivity contribution in [3.05, 3.63) is 53.7 Å². The number of carbonyl (C=O) groups is 1. The van der Waals surface area contributed by atoms with Crippen LogP contribution in [0.25, 0.3) is 5.57 Å². The van der Waals surface area contributed by atoms with E-state index in [-0.39, 0.29) is 23.4 Å². The highest BCUT2D eigenvalue weighted by atomic mass is 16.3. The predicted octanol–water partition coefficient (Wildman–Crippen LogP) is 4.65. The van der Waals surface area contributed by atoms with Crippen LogP contribution in [0.5, 0.6) is 11.5 Å². The molecule has 5 heteroatoms. The number of carbonyl (C=O) groups excluding carboxylic acids is 1. The summed E-state index contributed by atoms with van der Waals surface area (Å²) in [5.41, 5.74) is 2.09. The summed E-state index contributed by atoms with van der Waals surface area (Å²) < 4.78 is 0. The van der Waals surface area contributed by atoms with Crippen molar-refractivity contribution in [2.45, 2.75) is 52.0 Å². The van der Waals surface area contributed by atoms with Crippen molar-refractivity contribution in [2.75, 3.05) is 4.90 Å². The van der Waals surface area contributed by atoms with Gasteiger partial charge in [0.05, 0.1) is 0 Å². The molecule has 0 aliphatic heterocycles. The van der Waals surface area contributed by atoms with E-state index in [1.54, 1.807) is 19.2 Å². The van der Waals surface area contributed by atoms with Crippen molar-refractivity contribution in [3.8, 4) is 11.5 Å². The summed E-state index contributed by atoms with van der Waals surface area (Å²) in [6.45, 7) is 3.66. The molecule has 0 unspecified atom stereocenters. The van der Waals surface area contributed by atoms with Gasteiger partial charge < -0.3 is 10.2 Å². The highest BCUT2D eigenvalue weighted by Gasteiger charge is 2.29. The number of nitrogens with zero attached hydrogens (tertiary/aromatic N) is 2. The Kier molecular flexibility index (Phi) is 5.79. The third kappa shape index (κ3) is 4.13. The quantitative estimate of drug-likeness (QED) is 0.610. The third-order valence-electron chi connectivity index (χ3n) is 5.35. The number of pyridine rings is 1. The van der Waals surface area contributed by atoms with Gasteiger partial charge in [-0.15, -0.1) is 0 Å². The van der Waals surface area contributed by atoms with Gasteiger partial charge in [0.25, 0.3) is 5.91 Å². The molecule has 1 aromatic heterocycles. The van der Waals surface area contributed by atoms with Crippen LogP contribution < -0.4 is 4.90 Å². The van der Waals surface area contributed by atoms with Crippen molar-refractivity contribution < 1.29 is 15.0 Å². The van der Waals surface area contributed by atoms with Crippen LogP contribution in [0.15, 0.2) is 48.2 Å². The SMILES string of the molecule is C/C(C(=O)N(c1ccccn1)C1CCCCC1)=C(/C)c1ccc(O)c(O)c1. The number of aromatic hydroxyl groups is 2. The lowest BCUT2D eigenvalue weighted by molar-refractivity contribution is -0.115. The lowest BCUT2D eigenvalue weighted by Crippen LogP contribution is -2.42. The van der Waals surface area contributed by atoms with Gasteiger partial charge in [-0.05, 0) is 62.1 Å². The van der Waals surface area contributed by atoms with E-state index in [2.05, 4.69) is 4.98 Å². The van der Waals surface area contributed by atoms with E-state index in [1.807, 2.05) is 30.0 Å². The van der Waals surface area contributed by atoms with Gasteiger partial charge in [0.15, 0.2) is 11.5 Å². The first-order valence-corrected chi connectivity index (χ1v) is 9.43. The van der Waals surface area contributed by atoms with Crippen LogP contribution in [-0.2, 0) is 4.79 Å². The fraction of sp³-hybridized carbons (Fsp3) is 0.364. The van der Waals surface area contributed by atoms with Gasteiger partial charge in [0, 0.05) is 17.8 Å². The second kappa shape index (κ2) is 8.25. The minimum Gasteiger partial charge on any atom is -0.504 e. The molecule has 1 heterocycles. The standard InChI is InChI=1S/C22H26N2O3/c1-15(17-11-12-19(25)20(26)14-17)16(2)22(27)24(18-8-4-3-5-9-18)21-10-6-7-13-23-21/h6-7,10-14,18,25-26H,3-5,8-9H2,1-2H3/b16-15+. The third-order valence-corrected chi connectivity index (χ3v) is 5.35. The Morgan fingerprint density at radius 2 is 1.78 bits per heavy atom. The monoisotopic (exact) mass is 366 g/mol. The van der Waals surface area contributed by atoms with Crippen LogP contribution in [0.4, 0.5) is 5.82 Å². The number of amides is 1. The second-order valence-corrected chi connectivity index (χ2v) is 7.11. The van der Waals surface area contributed by atoms with E-state index >= 15 is 0 Å². The molecule has 2 N–H and O–H groups in total. The molecule has 2 aromatic rings. The number of rotatable bonds is 4. The number of benzene rings is 1. The number of hydrogen-bond donors (Lipinski definition) is 2. The van der Waals surface area contributed by atoms with Crippen LogP contribution >= 0.6 is 0 Å². The Balaban J connectivity index is 1.98. The van der Waals surface area contributed by atoms with Crippen molar-refractivity contribution in [2.24, 2.45) is 0 Å². The van der Waals surface area contributed by atoms with E-state index in [0.717, 1.165) is 31.3 Å². The molecule has 1 saturated carbocycles. The van der Waals surface area contributed by atoms with Crippen LogP contribution in [-0.4, -0.2) is 27.1 Å². The molecule has 0 bridgehead atoms. The normalized spacial score (nSPS) is 15.9. The number of phenols is 2. The number of phenolic OH excluding ortho intramolecular Hbond substituents is 2. The fourth-order valence-corrected chi connectivity index (χ4v) is 3.61. The average molecular weight is 366 g/mol. The molecular weight excluding hydrogens is 340 g/mol. The van der Waals surface area contributed by atoms with Gasteiger partial charge in [-0.1, -0.05) is 31.4 Å². The Bertz CT molecular complexity index is 840. The molecule has 0 atom stereocenters. The first kappa shape index (κ1) is 19.0. The maximum Gasteiger partial charge on any atom is 0.255 e. The van der Waals surface area contributed by atoms with E-state index in [9.17, 15) is 15.0 Å². The van der Waals surface area contributed by atoms with E-state index in [1.165, 1.54) is 18.6 Å². The number of aromatic nitrogens is 1. The molecule has 3 rings (SSSR count). The fourth-order valence-electron chi connectivity index (χ4n) is 3.61. The summed E-state index contributed by atoms with van der Waals surface area (Å²) in [7, 11) is 0. The van der Waals surface area contributed by atoms with E-state index < -0.39 is 0 Å². The Morgan fingerprint density at radius 3 is 2.41 bits per heavy atom. The summed E-state index contributed by atoms with van der Waals surface area (Å²) in [4.78, 5) is 19.7. The number of allylic oxidation sites excluding steroid dienone is 1. The second-order valence-electron chi connectivity index (χ2n) is 7.11. The first-order valence-electron chi connectivity index (χ1n) is 9.43. The van der Waals surface area contributed by atoms with Crippen LogP contribution in [0, 0.1) is 0 Å². The number of anilines is 1. The van der Waals surface area contributed by atoms with Crippen LogP contribution in [0.3, 0.4) is 0 Å². The van der Waals surface area contributed by atoms with Crippen molar-refractivity contribution in [1.29, 1.82) is 0 Å². The summed E-state index contributed by atoms with van der Waals surface area (Å²) in [6, 6.07) is 10.4.